The van der Waals surface area contributed by atoms with Crippen molar-refractivity contribution in [2.45, 2.75) is 13.8 Å². The zero-order valence-electron chi connectivity index (χ0n) is 15.9. The third-order valence-corrected chi connectivity index (χ3v) is 4.90. The molecular weight excluding hydrogens is 332 g/mol. The largest absolute Gasteiger partial charge is 0.497 e. The van der Waals surface area contributed by atoms with Crippen molar-refractivity contribution >= 4 is 16.6 Å². The number of ether oxygens (including phenoxy) is 1. The smallest absolute Gasteiger partial charge is 0.119 e. The molecule has 0 aliphatic rings. The number of nitrogens with zero attached hydrogens (tertiary/aromatic N) is 2. The van der Waals surface area contributed by atoms with Gasteiger partial charge < -0.3 is 4.74 Å². The van der Waals surface area contributed by atoms with Gasteiger partial charge in [0.05, 0.1) is 18.1 Å². The van der Waals surface area contributed by atoms with Gasteiger partial charge in [-0.15, -0.1) is 0 Å². The Hall–Kier alpha value is -3.33. The van der Waals surface area contributed by atoms with Crippen LogP contribution in [0.4, 0.5) is 0 Å². The quantitative estimate of drug-likeness (QED) is 0.469. The molecule has 0 bridgehead atoms. The van der Waals surface area contributed by atoms with Crippen molar-refractivity contribution in [1.29, 1.82) is 0 Å². The van der Waals surface area contributed by atoms with Crippen LogP contribution in [0.3, 0.4) is 0 Å². The van der Waals surface area contributed by atoms with E-state index in [1.165, 1.54) is 5.56 Å². The molecule has 0 atom stereocenters. The topological polar surface area (TPSA) is 27.1 Å². The molecular formula is C24H22N2O. The molecule has 0 spiro atoms. The van der Waals surface area contributed by atoms with Gasteiger partial charge in [0.15, 0.2) is 0 Å². The first-order chi connectivity index (χ1) is 13.1. The van der Waals surface area contributed by atoms with E-state index >= 15 is 0 Å². The van der Waals surface area contributed by atoms with E-state index in [1.54, 1.807) is 7.11 Å². The molecule has 134 valence electrons. The Kier molecular flexibility index (Phi) is 4.28. The van der Waals surface area contributed by atoms with Gasteiger partial charge in [-0.2, -0.15) is 0 Å². The number of rotatable bonds is 4. The number of benzene rings is 3. The maximum atomic E-state index is 5.26. The second-order valence-electron chi connectivity index (χ2n) is 6.74. The average molecular weight is 354 g/mol. The predicted octanol–water partition coefficient (Wildman–Crippen LogP) is 5.71. The minimum Gasteiger partial charge on any atom is -0.497 e. The SMILES string of the molecule is C=C(c1ccc(C)cc1)c1ccc2c(c1)nc(C)n2-c1ccc(OC)cc1. The predicted molar refractivity (Wildman–Crippen MR) is 112 cm³/mol. The summed E-state index contributed by atoms with van der Waals surface area (Å²) in [4.78, 5) is 4.77. The summed E-state index contributed by atoms with van der Waals surface area (Å²) in [6.45, 7) is 8.41. The molecule has 1 heterocycles. The molecule has 0 aliphatic heterocycles. The van der Waals surface area contributed by atoms with E-state index in [9.17, 15) is 0 Å². The zero-order chi connectivity index (χ0) is 19.0. The second-order valence-corrected chi connectivity index (χ2v) is 6.74. The van der Waals surface area contributed by atoms with E-state index in [0.29, 0.717) is 0 Å². The zero-order valence-corrected chi connectivity index (χ0v) is 15.9. The monoisotopic (exact) mass is 354 g/mol. The lowest BCUT2D eigenvalue weighted by Crippen LogP contribution is -1.97. The summed E-state index contributed by atoms with van der Waals surface area (Å²) in [5.74, 6) is 1.80. The highest BCUT2D eigenvalue weighted by Crippen LogP contribution is 2.28. The highest BCUT2D eigenvalue weighted by molar-refractivity contribution is 5.86. The minimum atomic E-state index is 0.845. The lowest BCUT2D eigenvalue weighted by molar-refractivity contribution is 0.415. The summed E-state index contributed by atoms with van der Waals surface area (Å²) < 4.78 is 7.42. The van der Waals surface area contributed by atoms with Crippen LogP contribution in [0.2, 0.25) is 0 Å². The van der Waals surface area contributed by atoms with Crippen LogP contribution in [-0.2, 0) is 0 Å². The molecule has 0 amide bonds. The van der Waals surface area contributed by atoms with Gasteiger partial charge in [0.1, 0.15) is 11.6 Å². The fourth-order valence-electron chi connectivity index (χ4n) is 3.37. The molecule has 0 radical (unpaired) electrons. The van der Waals surface area contributed by atoms with Crippen LogP contribution < -0.4 is 4.74 Å². The van der Waals surface area contributed by atoms with Crippen LogP contribution in [0, 0.1) is 13.8 Å². The van der Waals surface area contributed by atoms with Crippen molar-refractivity contribution in [3.63, 3.8) is 0 Å². The Balaban J connectivity index is 1.75. The first-order valence-electron chi connectivity index (χ1n) is 8.96. The average Bonchev–Trinajstić information content (AvgIpc) is 3.03. The van der Waals surface area contributed by atoms with Crippen LogP contribution in [0.25, 0.3) is 22.3 Å². The number of imidazole rings is 1. The molecule has 0 aliphatic carbocycles. The van der Waals surface area contributed by atoms with Crippen molar-refractivity contribution in [2.75, 3.05) is 7.11 Å². The van der Waals surface area contributed by atoms with Gasteiger partial charge in [-0.1, -0.05) is 42.5 Å². The standard InChI is InChI=1S/C24H22N2O/c1-16-5-7-19(8-6-16)17(2)20-9-14-24-23(15-20)25-18(3)26(24)21-10-12-22(27-4)13-11-21/h5-15H,2H2,1,3-4H3. The van der Waals surface area contributed by atoms with Crippen molar-refractivity contribution in [3.05, 3.63) is 95.8 Å². The molecule has 0 fully saturated rings. The van der Waals surface area contributed by atoms with E-state index in [4.69, 9.17) is 9.72 Å². The number of aryl methyl sites for hydroxylation is 2. The van der Waals surface area contributed by atoms with Gasteiger partial charge in [0, 0.05) is 5.69 Å². The third kappa shape index (κ3) is 3.13. The highest BCUT2D eigenvalue weighted by Gasteiger charge is 2.11. The summed E-state index contributed by atoms with van der Waals surface area (Å²) in [6, 6.07) is 22.8. The third-order valence-electron chi connectivity index (χ3n) is 4.90. The van der Waals surface area contributed by atoms with Gasteiger partial charge in [-0.3, -0.25) is 4.57 Å². The van der Waals surface area contributed by atoms with Crippen LogP contribution >= 0.6 is 0 Å². The molecule has 4 rings (SSSR count). The first kappa shape index (κ1) is 17.1. The van der Waals surface area contributed by atoms with Gasteiger partial charge in [-0.05, 0) is 66.9 Å². The molecule has 0 unspecified atom stereocenters. The van der Waals surface area contributed by atoms with Crippen LogP contribution in [0.1, 0.15) is 22.5 Å². The Morgan fingerprint density at radius 3 is 2.22 bits per heavy atom. The fourth-order valence-corrected chi connectivity index (χ4v) is 3.37. The van der Waals surface area contributed by atoms with Crippen LogP contribution in [-0.4, -0.2) is 16.7 Å². The van der Waals surface area contributed by atoms with E-state index in [2.05, 4.69) is 60.5 Å². The van der Waals surface area contributed by atoms with Crippen LogP contribution in [0.15, 0.2) is 73.3 Å². The molecule has 0 saturated carbocycles. The molecule has 3 nitrogen and oxygen atoms in total. The summed E-state index contributed by atoms with van der Waals surface area (Å²) in [6.07, 6.45) is 0. The number of methoxy groups -OCH3 is 1. The summed E-state index contributed by atoms with van der Waals surface area (Å²) >= 11 is 0. The van der Waals surface area contributed by atoms with E-state index in [1.807, 2.05) is 31.2 Å². The highest BCUT2D eigenvalue weighted by atomic mass is 16.5. The van der Waals surface area contributed by atoms with Crippen molar-refractivity contribution < 1.29 is 4.74 Å². The lowest BCUT2D eigenvalue weighted by atomic mass is 9.98. The lowest BCUT2D eigenvalue weighted by Gasteiger charge is -2.09. The number of fused-ring (bicyclic) bond motifs is 1. The first-order valence-corrected chi connectivity index (χ1v) is 8.96. The number of hydrogen-bond donors (Lipinski definition) is 0. The summed E-state index contributed by atoms with van der Waals surface area (Å²) in [5.41, 5.74) is 7.59. The van der Waals surface area contributed by atoms with E-state index in [-0.39, 0.29) is 0 Å². The van der Waals surface area contributed by atoms with E-state index < -0.39 is 0 Å². The molecule has 3 aromatic carbocycles. The number of hydrogen-bond acceptors (Lipinski definition) is 2. The molecule has 1 aromatic heterocycles. The van der Waals surface area contributed by atoms with E-state index in [0.717, 1.165) is 45.0 Å². The maximum absolute atomic E-state index is 5.26. The van der Waals surface area contributed by atoms with Gasteiger partial charge >= 0.3 is 0 Å². The Morgan fingerprint density at radius 1 is 0.889 bits per heavy atom. The maximum Gasteiger partial charge on any atom is 0.119 e. The number of aromatic nitrogens is 2. The van der Waals surface area contributed by atoms with Gasteiger partial charge in [0.25, 0.3) is 0 Å². The second kappa shape index (κ2) is 6.76. The van der Waals surface area contributed by atoms with Crippen molar-refractivity contribution in [2.24, 2.45) is 0 Å². The normalized spacial score (nSPS) is 10.9. The fraction of sp³-hybridized carbons (Fsp3) is 0.125. The summed E-state index contributed by atoms with van der Waals surface area (Å²) in [7, 11) is 1.68. The Labute approximate surface area is 159 Å². The van der Waals surface area contributed by atoms with Crippen molar-refractivity contribution in [3.8, 4) is 11.4 Å². The summed E-state index contributed by atoms with van der Waals surface area (Å²) in [5, 5.41) is 0. The minimum absolute atomic E-state index is 0.845. The van der Waals surface area contributed by atoms with Gasteiger partial charge in [-0.25, -0.2) is 4.98 Å². The molecule has 0 N–H and O–H groups in total. The van der Waals surface area contributed by atoms with Gasteiger partial charge in [0.2, 0.25) is 0 Å². The molecule has 3 heteroatoms. The van der Waals surface area contributed by atoms with Crippen molar-refractivity contribution in [1.82, 2.24) is 9.55 Å². The Morgan fingerprint density at radius 2 is 1.56 bits per heavy atom. The van der Waals surface area contributed by atoms with Crippen LogP contribution in [0.5, 0.6) is 5.75 Å². The Bertz CT molecular complexity index is 1120. The molecule has 27 heavy (non-hydrogen) atoms. The molecule has 0 saturated heterocycles. The molecule has 4 aromatic rings.